The smallest absolute Gasteiger partial charge is 0.349 e. The predicted molar refractivity (Wildman–Crippen MR) is 154 cm³/mol. The molecule has 5 nitrogen and oxygen atoms in total. The topological polar surface area (TPSA) is 45.4 Å². The van der Waals surface area contributed by atoms with Gasteiger partial charge in [0.25, 0.3) is 0 Å². The Balaban J connectivity index is 1.65. The molecular weight excluding hydrogens is 472 g/mol. The molecule has 0 spiro atoms. The number of rotatable bonds is 9. The van der Waals surface area contributed by atoms with Gasteiger partial charge in [-0.3, -0.25) is 0 Å². The van der Waals surface area contributed by atoms with Crippen molar-refractivity contribution in [2.75, 3.05) is 6.61 Å². The Morgan fingerprint density at radius 2 is 1.26 bits per heavy atom. The minimum atomic E-state index is -1.07. The van der Waals surface area contributed by atoms with Crippen molar-refractivity contribution in [1.82, 2.24) is 9.13 Å². The number of ether oxygens (including phenoxy) is 2. The van der Waals surface area contributed by atoms with Crippen molar-refractivity contribution in [2.24, 2.45) is 0 Å². The summed E-state index contributed by atoms with van der Waals surface area (Å²) in [6, 6.07) is 25.5. The summed E-state index contributed by atoms with van der Waals surface area (Å²) in [4.78, 5) is 12.4. The molecule has 196 valence electrons. The first-order chi connectivity index (χ1) is 18.4. The van der Waals surface area contributed by atoms with Gasteiger partial charge in [-0.1, -0.05) is 48.5 Å². The van der Waals surface area contributed by atoms with E-state index in [1.54, 1.807) is 20.8 Å². The molecule has 0 bridgehead atoms. The summed E-state index contributed by atoms with van der Waals surface area (Å²) in [6.07, 6.45) is 4.61. The van der Waals surface area contributed by atoms with E-state index in [1.807, 2.05) is 12.1 Å². The van der Waals surface area contributed by atoms with E-state index in [2.05, 4.69) is 96.0 Å². The second-order valence-corrected chi connectivity index (χ2v) is 10.1. The van der Waals surface area contributed by atoms with Crippen molar-refractivity contribution >= 4 is 27.8 Å². The highest BCUT2D eigenvalue weighted by atomic mass is 16.6. The third-order valence-electron chi connectivity index (χ3n) is 7.30. The predicted octanol–water partition coefficient (Wildman–Crippen LogP) is 7.54. The van der Waals surface area contributed by atoms with Crippen LogP contribution in [0.5, 0.6) is 5.75 Å². The zero-order valence-electron chi connectivity index (χ0n) is 22.9. The molecular formula is C33H36N2O3. The second kappa shape index (κ2) is 10.4. The van der Waals surface area contributed by atoms with E-state index in [-0.39, 0.29) is 11.9 Å². The fourth-order valence-corrected chi connectivity index (χ4v) is 5.43. The van der Waals surface area contributed by atoms with Crippen LogP contribution < -0.4 is 4.74 Å². The summed E-state index contributed by atoms with van der Waals surface area (Å²) in [6.45, 7) is 11.8. The average Bonchev–Trinajstić information content (AvgIpc) is 3.49. The molecule has 0 saturated carbocycles. The Labute approximate surface area is 224 Å². The zero-order chi connectivity index (χ0) is 26.9. The van der Waals surface area contributed by atoms with Crippen LogP contribution in [0.4, 0.5) is 0 Å². The van der Waals surface area contributed by atoms with Crippen molar-refractivity contribution in [1.29, 1.82) is 0 Å². The van der Waals surface area contributed by atoms with Crippen molar-refractivity contribution in [3.8, 4) is 5.75 Å². The Kier molecular flexibility index (Phi) is 7.02. The first-order valence-electron chi connectivity index (χ1n) is 13.5. The molecule has 3 aromatic carbocycles. The summed E-state index contributed by atoms with van der Waals surface area (Å²) in [7, 11) is 0. The molecule has 38 heavy (non-hydrogen) atoms. The molecule has 0 atom stereocenters. The van der Waals surface area contributed by atoms with E-state index in [0.717, 1.165) is 13.1 Å². The first-order valence-corrected chi connectivity index (χ1v) is 13.5. The lowest BCUT2D eigenvalue weighted by Crippen LogP contribution is -2.39. The zero-order valence-corrected chi connectivity index (χ0v) is 22.9. The molecule has 0 aliphatic carbocycles. The quantitative estimate of drug-likeness (QED) is 0.193. The van der Waals surface area contributed by atoms with E-state index in [0.29, 0.717) is 12.4 Å². The molecule has 0 amide bonds. The van der Waals surface area contributed by atoms with Crippen LogP contribution in [0.15, 0.2) is 85.2 Å². The SMILES string of the molecule is CCOC(=O)C(C)(C)Oc1ccc(C(c2cn(CC)c3ccccc23)c2cn(CC)c3ccccc23)cc1. The van der Waals surface area contributed by atoms with Crippen LogP contribution in [0.1, 0.15) is 57.2 Å². The summed E-state index contributed by atoms with van der Waals surface area (Å²) in [5, 5.41) is 2.52. The number of fused-ring (bicyclic) bond motifs is 2. The number of esters is 1. The average molecular weight is 509 g/mol. The van der Waals surface area contributed by atoms with E-state index >= 15 is 0 Å². The molecule has 0 aliphatic heterocycles. The first kappa shape index (κ1) is 25.7. The highest BCUT2D eigenvalue weighted by molar-refractivity contribution is 5.90. The normalized spacial score (nSPS) is 11.9. The molecule has 5 heteroatoms. The third kappa shape index (κ3) is 4.58. The molecule has 2 aromatic heterocycles. The molecule has 5 aromatic rings. The summed E-state index contributed by atoms with van der Waals surface area (Å²) >= 11 is 0. The molecule has 5 rings (SSSR count). The summed E-state index contributed by atoms with van der Waals surface area (Å²) in [5.41, 5.74) is 5.14. The van der Waals surface area contributed by atoms with E-state index in [9.17, 15) is 4.79 Å². The van der Waals surface area contributed by atoms with Gasteiger partial charge in [0.1, 0.15) is 5.75 Å². The van der Waals surface area contributed by atoms with Gasteiger partial charge >= 0.3 is 5.97 Å². The minimum absolute atomic E-state index is 0.0255. The van der Waals surface area contributed by atoms with Gasteiger partial charge in [0.15, 0.2) is 5.60 Å². The second-order valence-electron chi connectivity index (χ2n) is 10.1. The van der Waals surface area contributed by atoms with Crippen molar-refractivity contribution in [3.05, 3.63) is 102 Å². The Morgan fingerprint density at radius 3 is 1.74 bits per heavy atom. The molecule has 0 saturated heterocycles. The van der Waals surface area contributed by atoms with Crippen LogP contribution >= 0.6 is 0 Å². The van der Waals surface area contributed by atoms with Gasteiger partial charge in [-0.2, -0.15) is 0 Å². The molecule has 2 heterocycles. The van der Waals surface area contributed by atoms with Gasteiger partial charge in [-0.25, -0.2) is 4.79 Å². The van der Waals surface area contributed by atoms with Gasteiger partial charge in [-0.15, -0.1) is 0 Å². The van der Waals surface area contributed by atoms with E-state index < -0.39 is 5.60 Å². The maximum atomic E-state index is 12.4. The fraction of sp³-hybridized carbons (Fsp3) is 0.303. The number of benzene rings is 3. The third-order valence-corrected chi connectivity index (χ3v) is 7.30. The molecule has 0 unspecified atom stereocenters. The van der Waals surface area contributed by atoms with Crippen molar-refractivity contribution in [2.45, 2.75) is 59.2 Å². The number of aromatic nitrogens is 2. The van der Waals surface area contributed by atoms with Gasteiger partial charge in [-0.05, 0) is 75.6 Å². The molecule has 0 fully saturated rings. The maximum Gasteiger partial charge on any atom is 0.349 e. The van der Waals surface area contributed by atoms with Crippen molar-refractivity contribution < 1.29 is 14.3 Å². The number of hydrogen-bond donors (Lipinski definition) is 0. The largest absolute Gasteiger partial charge is 0.476 e. The van der Waals surface area contributed by atoms with Crippen LogP contribution in [-0.2, 0) is 22.6 Å². The Hall–Kier alpha value is -3.99. The van der Waals surface area contributed by atoms with Gasteiger partial charge in [0.05, 0.1) is 6.61 Å². The monoisotopic (exact) mass is 508 g/mol. The lowest BCUT2D eigenvalue weighted by Gasteiger charge is -2.24. The highest BCUT2D eigenvalue weighted by Gasteiger charge is 2.32. The minimum Gasteiger partial charge on any atom is -0.476 e. The number of carbonyl (C=O) groups excluding carboxylic acids is 1. The summed E-state index contributed by atoms with van der Waals surface area (Å²) in [5.74, 6) is 0.289. The molecule has 0 N–H and O–H groups in total. The number of nitrogens with zero attached hydrogens (tertiary/aromatic N) is 2. The standard InChI is InChI=1S/C33H36N2O3/c1-6-34-21-27(25-13-9-11-15-29(25)34)31(28-22-35(7-2)30-16-12-10-14-26(28)30)23-17-19-24(20-18-23)38-33(4,5)32(36)37-8-3/h9-22,31H,6-8H2,1-5H3. The number of carbonyl (C=O) groups is 1. The number of hydrogen-bond acceptors (Lipinski definition) is 3. The Morgan fingerprint density at radius 1 is 0.763 bits per heavy atom. The van der Waals surface area contributed by atoms with E-state index in [4.69, 9.17) is 9.47 Å². The van der Waals surface area contributed by atoms with E-state index in [1.165, 1.54) is 38.5 Å². The molecule has 0 aliphatic rings. The number of aryl methyl sites for hydroxylation is 2. The van der Waals surface area contributed by atoms with Crippen LogP contribution in [0, 0.1) is 0 Å². The van der Waals surface area contributed by atoms with Crippen molar-refractivity contribution in [3.63, 3.8) is 0 Å². The molecule has 0 radical (unpaired) electrons. The lowest BCUT2D eigenvalue weighted by atomic mass is 9.85. The van der Waals surface area contributed by atoms with Crippen LogP contribution in [-0.4, -0.2) is 27.3 Å². The Bertz CT molecular complexity index is 1490. The van der Waals surface area contributed by atoms with Gasteiger partial charge in [0, 0.05) is 53.2 Å². The maximum absolute atomic E-state index is 12.4. The van der Waals surface area contributed by atoms with Crippen LogP contribution in [0.25, 0.3) is 21.8 Å². The lowest BCUT2D eigenvalue weighted by molar-refractivity contribution is -0.158. The fourth-order valence-electron chi connectivity index (χ4n) is 5.43. The summed E-state index contributed by atoms with van der Waals surface area (Å²) < 4.78 is 15.9. The van der Waals surface area contributed by atoms with Gasteiger partial charge < -0.3 is 18.6 Å². The highest BCUT2D eigenvalue weighted by Crippen LogP contribution is 2.41. The van der Waals surface area contributed by atoms with Crippen LogP contribution in [0.3, 0.4) is 0 Å². The number of para-hydroxylation sites is 2. The van der Waals surface area contributed by atoms with Crippen LogP contribution in [0.2, 0.25) is 0 Å². The van der Waals surface area contributed by atoms with Gasteiger partial charge in [0.2, 0.25) is 0 Å².